The molecule has 2 aliphatic heterocycles. The van der Waals surface area contributed by atoms with Crippen LogP contribution in [0.25, 0.3) is 0 Å². The Bertz CT molecular complexity index is 1190. The summed E-state index contributed by atoms with van der Waals surface area (Å²) in [5.74, 6) is -0.976. The van der Waals surface area contributed by atoms with Crippen LogP contribution in [0, 0.1) is 5.41 Å². The second kappa shape index (κ2) is 11.8. The minimum atomic E-state index is -4.50. The molecule has 2 aromatic rings. The number of aliphatic imine (C=N–C) groups is 2. The zero-order valence-electron chi connectivity index (χ0n) is 21.4. The number of alkyl halides is 3. The van der Waals surface area contributed by atoms with Gasteiger partial charge >= 0.3 is 6.18 Å². The molecular formula is C27H33F3N6O3. The van der Waals surface area contributed by atoms with Crippen molar-refractivity contribution >= 4 is 29.3 Å². The number of anilines is 2. The average Bonchev–Trinajstić information content (AvgIpc) is 3.49. The van der Waals surface area contributed by atoms with Crippen LogP contribution in [-0.2, 0) is 27.1 Å². The van der Waals surface area contributed by atoms with Crippen LogP contribution in [0.4, 0.5) is 24.5 Å². The number of hydrogen-bond acceptors (Lipinski definition) is 8. The molecule has 9 nitrogen and oxygen atoms in total. The molecule has 2 atom stereocenters. The van der Waals surface area contributed by atoms with Crippen molar-refractivity contribution in [3.8, 4) is 0 Å². The second-order valence-corrected chi connectivity index (χ2v) is 9.91. The number of nitrogens with two attached hydrogens (primary N) is 3. The van der Waals surface area contributed by atoms with Crippen molar-refractivity contribution in [1.29, 1.82) is 0 Å². The molecule has 0 saturated heterocycles. The third kappa shape index (κ3) is 7.55. The number of amidine groups is 2. The second-order valence-electron chi connectivity index (χ2n) is 9.91. The minimum absolute atomic E-state index is 0.0332. The highest BCUT2D eigenvalue weighted by Crippen LogP contribution is 2.58. The van der Waals surface area contributed by atoms with Crippen LogP contribution in [0.5, 0.6) is 0 Å². The zero-order valence-corrected chi connectivity index (χ0v) is 21.4. The average molecular weight is 547 g/mol. The van der Waals surface area contributed by atoms with Gasteiger partial charge in [0.25, 0.3) is 12.0 Å². The summed E-state index contributed by atoms with van der Waals surface area (Å²) >= 11 is 0. The van der Waals surface area contributed by atoms with Crippen molar-refractivity contribution in [2.45, 2.75) is 56.8 Å². The minimum Gasteiger partial charge on any atom is -0.463 e. The van der Waals surface area contributed by atoms with Crippen molar-refractivity contribution in [2.75, 3.05) is 24.3 Å². The van der Waals surface area contributed by atoms with Crippen LogP contribution in [-0.4, -0.2) is 49.4 Å². The van der Waals surface area contributed by atoms with Crippen molar-refractivity contribution < 1.29 is 27.4 Å². The van der Waals surface area contributed by atoms with Crippen LogP contribution < -0.4 is 22.5 Å². The molecule has 0 radical (unpaired) electrons. The predicted molar refractivity (Wildman–Crippen MR) is 143 cm³/mol. The van der Waals surface area contributed by atoms with Gasteiger partial charge in [-0.05, 0) is 73.9 Å². The van der Waals surface area contributed by atoms with Gasteiger partial charge in [-0.3, -0.25) is 4.79 Å². The summed E-state index contributed by atoms with van der Waals surface area (Å²) in [5, 5.41) is 2.36. The Balaban J connectivity index is 0.000000202. The topological polar surface area (TPSA) is 150 Å². The molecule has 3 aliphatic rings. The molecule has 210 valence electrons. The Hall–Kier alpha value is -3.96. The van der Waals surface area contributed by atoms with Crippen LogP contribution in [0.15, 0.2) is 58.5 Å². The van der Waals surface area contributed by atoms with Gasteiger partial charge < -0.3 is 32.0 Å². The Labute approximate surface area is 224 Å². The molecule has 0 spiro atoms. The third-order valence-electron chi connectivity index (χ3n) is 6.92. The number of aryl methyl sites for hydroxylation is 2. The lowest BCUT2D eigenvalue weighted by atomic mass is 10.0. The highest BCUT2D eigenvalue weighted by atomic mass is 19.4. The largest absolute Gasteiger partial charge is 0.463 e. The van der Waals surface area contributed by atoms with Gasteiger partial charge in [0, 0.05) is 11.4 Å². The molecule has 5 rings (SSSR count). The smallest absolute Gasteiger partial charge is 0.403 e. The predicted octanol–water partition coefficient (Wildman–Crippen LogP) is 3.53. The van der Waals surface area contributed by atoms with Gasteiger partial charge in [0.05, 0.1) is 12.1 Å². The van der Waals surface area contributed by atoms with E-state index in [1.165, 1.54) is 5.56 Å². The number of nitrogen functional groups attached to an aromatic ring is 1. The molecule has 0 aromatic heterocycles. The Morgan fingerprint density at radius 3 is 1.69 bits per heavy atom. The Morgan fingerprint density at radius 1 is 0.846 bits per heavy atom. The maximum absolute atomic E-state index is 12.9. The summed E-state index contributed by atoms with van der Waals surface area (Å²) < 4.78 is 48.8. The molecule has 2 heterocycles. The van der Waals surface area contributed by atoms with E-state index < -0.39 is 17.5 Å². The maximum Gasteiger partial charge on any atom is 0.403 e. The van der Waals surface area contributed by atoms with Crippen molar-refractivity contribution in [1.82, 2.24) is 0 Å². The number of rotatable bonds is 8. The number of nitrogens with zero attached hydrogens (tertiary/aromatic N) is 2. The first-order chi connectivity index (χ1) is 18.5. The first-order valence-corrected chi connectivity index (χ1v) is 12.8. The lowest BCUT2D eigenvalue weighted by Crippen LogP contribution is -2.36. The molecule has 1 aliphatic carbocycles. The van der Waals surface area contributed by atoms with Gasteiger partial charge in [-0.15, -0.1) is 0 Å². The maximum atomic E-state index is 12.9. The summed E-state index contributed by atoms with van der Waals surface area (Å²) in [5.41, 5.74) is 17.7. The van der Waals surface area contributed by atoms with Gasteiger partial charge in [0.15, 0.2) is 0 Å². The van der Waals surface area contributed by atoms with Gasteiger partial charge in [0.1, 0.15) is 18.6 Å². The summed E-state index contributed by atoms with van der Waals surface area (Å²) in [6.07, 6.45) is -1.34. The third-order valence-corrected chi connectivity index (χ3v) is 6.92. The van der Waals surface area contributed by atoms with Gasteiger partial charge in [-0.2, -0.15) is 13.2 Å². The van der Waals surface area contributed by atoms with Gasteiger partial charge in [0.2, 0.25) is 5.91 Å². The summed E-state index contributed by atoms with van der Waals surface area (Å²) in [6, 6.07) is 15.5. The van der Waals surface area contributed by atoms with Crippen molar-refractivity contribution in [3.63, 3.8) is 0 Å². The molecule has 39 heavy (non-hydrogen) atoms. The quantitative estimate of drug-likeness (QED) is 0.372. The molecule has 1 saturated carbocycles. The monoisotopic (exact) mass is 546 g/mol. The van der Waals surface area contributed by atoms with E-state index in [1.807, 2.05) is 24.3 Å². The Kier molecular flexibility index (Phi) is 8.51. The van der Waals surface area contributed by atoms with E-state index in [2.05, 4.69) is 15.3 Å². The molecule has 7 N–H and O–H groups in total. The van der Waals surface area contributed by atoms with E-state index in [-0.39, 0.29) is 30.9 Å². The fraction of sp³-hybridized carbons (Fsp3) is 0.444. The number of carbonyl (C=O) groups excluding carboxylic acids is 1. The van der Waals surface area contributed by atoms with E-state index in [0.717, 1.165) is 36.9 Å². The number of ether oxygens (including phenoxy) is 2. The first kappa shape index (κ1) is 28.1. The van der Waals surface area contributed by atoms with Crippen LogP contribution >= 0.6 is 0 Å². The fourth-order valence-electron chi connectivity index (χ4n) is 4.29. The number of halogens is 3. The highest BCUT2D eigenvalue weighted by molar-refractivity contribution is 5.97. The summed E-state index contributed by atoms with van der Waals surface area (Å²) in [7, 11) is 0. The van der Waals surface area contributed by atoms with Gasteiger partial charge in [-0.1, -0.05) is 24.3 Å². The summed E-state index contributed by atoms with van der Waals surface area (Å²) in [4.78, 5) is 20.2. The van der Waals surface area contributed by atoms with E-state index in [4.69, 9.17) is 26.7 Å². The standard InChI is InChI=1S/C16H18F3N3O2.C11H15N3O/c17-16(18,19)15(7-8-15)13(23)21-11-4-1-10(2-5-11)3-6-12-9-24-14(20)22-12;12-9-4-1-8(2-5-9)3-6-10-7-15-11(13)14-10/h1-2,4-5,12H,3,6-9H2,(H2,20,22)(H,21,23);1-2,4-5,10H,3,6-7,12H2,(H2,13,14)/t12-;10-/m00/s1. The molecular weight excluding hydrogens is 513 g/mol. The van der Waals surface area contributed by atoms with E-state index in [0.29, 0.717) is 24.9 Å². The van der Waals surface area contributed by atoms with Crippen molar-refractivity contribution in [3.05, 3.63) is 59.7 Å². The molecule has 0 bridgehead atoms. The number of hydrogen-bond donors (Lipinski definition) is 4. The number of nitrogens with one attached hydrogen (secondary N) is 1. The van der Waals surface area contributed by atoms with Crippen LogP contribution in [0.3, 0.4) is 0 Å². The first-order valence-electron chi connectivity index (χ1n) is 12.8. The normalized spacial score (nSPS) is 21.0. The highest BCUT2D eigenvalue weighted by Gasteiger charge is 2.68. The van der Waals surface area contributed by atoms with Crippen LogP contribution in [0.2, 0.25) is 0 Å². The molecule has 12 heteroatoms. The number of amides is 1. The van der Waals surface area contributed by atoms with E-state index in [9.17, 15) is 18.0 Å². The van der Waals surface area contributed by atoms with Gasteiger partial charge in [-0.25, -0.2) is 9.98 Å². The fourth-order valence-corrected chi connectivity index (χ4v) is 4.29. The van der Waals surface area contributed by atoms with E-state index >= 15 is 0 Å². The number of carbonyl (C=O) groups is 1. The van der Waals surface area contributed by atoms with E-state index in [1.54, 1.807) is 24.3 Å². The summed E-state index contributed by atoms with van der Waals surface area (Å²) in [6.45, 7) is 1.08. The number of benzene rings is 2. The SMILES string of the molecule is NC1=N[C@@H](CCc2ccc(N)cc2)CO1.NC1=N[C@@H](CCc2ccc(NC(=O)C3(C(F)(F)F)CC3)cc2)CO1. The lowest BCUT2D eigenvalue weighted by molar-refractivity contribution is -0.189. The molecule has 2 aromatic carbocycles. The molecule has 1 amide bonds. The molecule has 0 unspecified atom stereocenters. The Morgan fingerprint density at radius 2 is 1.31 bits per heavy atom. The van der Waals surface area contributed by atoms with Crippen LogP contribution in [0.1, 0.15) is 36.8 Å². The van der Waals surface area contributed by atoms with Crippen molar-refractivity contribution in [2.24, 2.45) is 26.9 Å². The zero-order chi connectivity index (χ0) is 28.0. The molecule has 1 fully saturated rings. The lowest BCUT2D eigenvalue weighted by Gasteiger charge is -2.18.